The van der Waals surface area contributed by atoms with Crippen molar-refractivity contribution in [1.29, 1.82) is 0 Å². The summed E-state index contributed by atoms with van der Waals surface area (Å²) in [5.74, 6) is 0.931. The fraction of sp³-hybridized carbons (Fsp3) is 0.211. The second-order valence-electron chi connectivity index (χ2n) is 5.64. The number of ether oxygens (including phenoxy) is 2. The van der Waals surface area contributed by atoms with Crippen molar-refractivity contribution in [1.82, 2.24) is 10.1 Å². The Labute approximate surface area is 145 Å². The number of carbonyl (C=O) groups excluding carboxylic acids is 1. The van der Waals surface area contributed by atoms with E-state index in [1.54, 1.807) is 19.2 Å². The quantitative estimate of drug-likeness (QED) is 0.660. The predicted octanol–water partition coefficient (Wildman–Crippen LogP) is 3.72. The number of hydrogen-bond donors (Lipinski definition) is 0. The summed E-state index contributed by atoms with van der Waals surface area (Å²) in [4.78, 5) is 16.5. The van der Waals surface area contributed by atoms with Crippen LogP contribution in [0.3, 0.4) is 0 Å². The highest BCUT2D eigenvalue weighted by molar-refractivity contribution is 5.91. The summed E-state index contributed by atoms with van der Waals surface area (Å²) >= 11 is 0. The summed E-state index contributed by atoms with van der Waals surface area (Å²) in [6.07, 6.45) is 0. The molecule has 0 amide bonds. The van der Waals surface area contributed by atoms with Gasteiger partial charge in [0.1, 0.15) is 5.75 Å². The van der Waals surface area contributed by atoms with Gasteiger partial charge in [-0.1, -0.05) is 35.0 Å². The number of aromatic nitrogens is 2. The third kappa shape index (κ3) is 3.85. The maximum absolute atomic E-state index is 12.2. The Morgan fingerprint density at radius 2 is 2.00 bits per heavy atom. The Balaban J connectivity index is 1.69. The first-order valence-electron chi connectivity index (χ1n) is 7.78. The number of aryl methyl sites for hydroxylation is 2. The van der Waals surface area contributed by atoms with Gasteiger partial charge in [0.05, 0.1) is 12.7 Å². The fourth-order valence-corrected chi connectivity index (χ4v) is 2.35. The summed E-state index contributed by atoms with van der Waals surface area (Å²) in [6, 6.07) is 13.0. The molecule has 3 rings (SSSR count). The van der Waals surface area contributed by atoms with Crippen LogP contribution in [0.25, 0.3) is 11.4 Å². The van der Waals surface area contributed by atoms with Crippen molar-refractivity contribution in [3.63, 3.8) is 0 Å². The highest BCUT2D eigenvalue weighted by Gasteiger charge is 2.14. The second kappa shape index (κ2) is 7.17. The van der Waals surface area contributed by atoms with Crippen LogP contribution in [0.1, 0.15) is 27.4 Å². The lowest BCUT2D eigenvalue weighted by Crippen LogP contribution is -2.07. The number of carbonyl (C=O) groups is 1. The number of esters is 1. The number of nitrogens with zero attached hydrogens (tertiary/aromatic N) is 2. The average molecular weight is 338 g/mol. The zero-order chi connectivity index (χ0) is 17.8. The number of rotatable bonds is 5. The van der Waals surface area contributed by atoms with Gasteiger partial charge in [-0.3, -0.25) is 0 Å². The van der Waals surface area contributed by atoms with Gasteiger partial charge in [-0.2, -0.15) is 4.98 Å². The standard InChI is InChI=1S/C19H18N2O4/c1-12-7-8-13(2)16(9-12)19(22)24-11-17-20-18(21-25-17)14-5-4-6-15(10-14)23-3/h4-10H,11H2,1-3H3. The largest absolute Gasteiger partial charge is 0.497 e. The first-order valence-corrected chi connectivity index (χ1v) is 7.78. The Morgan fingerprint density at radius 3 is 2.80 bits per heavy atom. The summed E-state index contributed by atoms with van der Waals surface area (Å²) in [6.45, 7) is 3.71. The van der Waals surface area contributed by atoms with Crippen molar-refractivity contribution in [2.45, 2.75) is 20.5 Å². The van der Waals surface area contributed by atoms with Crippen LogP contribution in [0, 0.1) is 13.8 Å². The van der Waals surface area contributed by atoms with E-state index in [4.69, 9.17) is 14.0 Å². The molecule has 0 saturated heterocycles. The van der Waals surface area contributed by atoms with Crippen LogP contribution in [-0.2, 0) is 11.3 Å². The van der Waals surface area contributed by atoms with E-state index < -0.39 is 5.97 Å². The molecule has 1 heterocycles. The molecular weight excluding hydrogens is 320 g/mol. The third-order valence-electron chi connectivity index (χ3n) is 3.74. The summed E-state index contributed by atoms with van der Waals surface area (Å²) in [5.41, 5.74) is 3.15. The van der Waals surface area contributed by atoms with Gasteiger partial charge in [0.15, 0.2) is 6.61 Å². The molecule has 0 bridgehead atoms. The van der Waals surface area contributed by atoms with Gasteiger partial charge in [-0.05, 0) is 37.6 Å². The first-order chi connectivity index (χ1) is 12.1. The molecule has 0 aliphatic heterocycles. The first kappa shape index (κ1) is 16.7. The Morgan fingerprint density at radius 1 is 1.16 bits per heavy atom. The average Bonchev–Trinajstić information content (AvgIpc) is 3.11. The molecule has 0 fully saturated rings. The van der Waals surface area contributed by atoms with Crippen LogP contribution in [0.5, 0.6) is 5.75 Å². The molecule has 25 heavy (non-hydrogen) atoms. The topological polar surface area (TPSA) is 74.5 Å². The molecule has 0 N–H and O–H groups in total. The molecular formula is C19H18N2O4. The van der Waals surface area contributed by atoms with Crippen molar-refractivity contribution < 1.29 is 18.8 Å². The predicted molar refractivity (Wildman–Crippen MR) is 91.3 cm³/mol. The Hall–Kier alpha value is -3.15. The molecule has 6 nitrogen and oxygen atoms in total. The number of hydrogen-bond acceptors (Lipinski definition) is 6. The molecule has 0 radical (unpaired) electrons. The van der Waals surface area contributed by atoms with Crippen LogP contribution in [0.15, 0.2) is 47.0 Å². The Kier molecular flexibility index (Phi) is 4.79. The maximum Gasteiger partial charge on any atom is 0.338 e. The SMILES string of the molecule is COc1cccc(-c2noc(COC(=O)c3cc(C)ccc3C)n2)c1. The number of methoxy groups -OCH3 is 1. The third-order valence-corrected chi connectivity index (χ3v) is 3.74. The highest BCUT2D eigenvalue weighted by Crippen LogP contribution is 2.21. The Bertz CT molecular complexity index is 902. The lowest BCUT2D eigenvalue weighted by atomic mass is 10.1. The van der Waals surface area contributed by atoms with Gasteiger partial charge in [-0.15, -0.1) is 0 Å². The van der Waals surface area contributed by atoms with Gasteiger partial charge < -0.3 is 14.0 Å². The lowest BCUT2D eigenvalue weighted by molar-refractivity contribution is 0.0429. The minimum absolute atomic E-state index is 0.0802. The summed E-state index contributed by atoms with van der Waals surface area (Å²) in [5, 5.41) is 3.91. The molecule has 0 aliphatic rings. The summed E-state index contributed by atoms with van der Waals surface area (Å²) < 4.78 is 15.6. The van der Waals surface area contributed by atoms with Gasteiger partial charge in [0.25, 0.3) is 5.89 Å². The van der Waals surface area contributed by atoms with Crippen molar-refractivity contribution in [3.8, 4) is 17.1 Å². The zero-order valence-electron chi connectivity index (χ0n) is 14.3. The molecule has 0 unspecified atom stereocenters. The smallest absolute Gasteiger partial charge is 0.338 e. The molecule has 1 aromatic heterocycles. The molecule has 128 valence electrons. The molecule has 0 saturated carbocycles. The molecule has 0 aliphatic carbocycles. The number of benzene rings is 2. The van der Waals surface area contributed by atoms with E-state index in [1.165, 1.54) is 0 Å². The van der Waals surface area contributed by atoms with Crippen molar-refractivity contribution >= 4 is 5.97 Å². The molecule has 2 aromatic carbocycles. The van der Waals surface area contributed by atoms with Crippen LogP contribution >= 0.6 is 0 Å². The van der Waals surface area contributed by atoms with Gasteiger partial charge in [-0.25, -0.2) is 4.79 Å². The fourth-order valence-electron chi connectivity index (χ4n) is 2.35. The van der Waals surface area contributed by atoms with Crippen LogP contribution in [-0.4, -0.2) is 23.2 Å². The van der Waals surface area contributed by atoms with E-state index in [1.807, 2.05) is 44.2 Å². The minimum Gasteiger partial charge on any atom is -0.497 e. The normalized spacial score (nSPS) is 10.5. The lowest BCUT2D eigenvalue weighted by Gasteiger charge is -2.06. The van der Waals surface area contributed by atoms with Gasteiger partial charge in [0, 0.05) is 5.56 Å². The molecule has 0 atom stereocenters. The summed E-state index contributed by atoms with van der Waals surface area (Å²) in [7, 11) is 1.59. The van der Waals surface area contributed by atoms with E-state index >= 15 is 0 Å². The van der Waals surface area contributed by atoms with Crippen LogP contribution in [0.4, 0.5) is 0 Å². The van der Waals surface area contributed by atoms with E-state index in [2.05, 4.69) is 10.1 Å². The highest BCUT2D eigenvalue weighted by atomic mass is 16.6. The van der Waals surface area contributed by atoms with Crippen LogP contribution in [0.2, 0.25) is 0 Å². The van der Waals surface area contributed by atoms with Crippen molar-refractivity contribution in [3.05, 3.63) is 65.0 Å². The van der Waals surface area contributed by atoms with E-state index in [-0.39, 0.29) is 12.5 Å². The monoisotopic (exact) mass is 338 g/mol. The zero-order valence-corrected chi connectivity index (χ0v) is 14.3. The van der Waals surface area contributed by atoms with E-state index in [9.17, 15) is 4.79 Å². The molecule has 6 heteroatoms. The molecule has 0 spiro atoms. The second-order valence-corrected chi connectivity index (χ2v) is 5.64. The minimum atomic E-state index is -0.415. The maximum atomic E-state index is 12.2. The molecule has 3 aromatic rings. The van der Waals surface area contributed by atoms with Gasteiger partial charge in [0.2, 0.25) is 5.82 Å². The van der Waals surface area contributed by atoms with Crippen molar-refractivity contribution in [2.24, 2.45) is 0 Å². The van der Waals surface area contributed by atoms with Crippen LogP contribution < -0.4 is 4.74 Å². The van der Waals surface area contributed by atoms with E-state index in [0.717, 1.165) is 16.7 Å². The van der Waals surface area contributed by atoms with Crippen molar-refractivity contribution in [2.75, 3.05) is 7.11 Å². The van der Waals surface area contributed by atoms with E-state index in [0.29, 0.717) is 17.1 Å². The van der Waals surface area contributed by atoms with Gasteiger partial charge >= 0.3 is 5.97 Å².